The molecule has 1 aliphatic carbocycles. The number of hydrogen-bond acceptors (Lipinski definition) is 4. The Hall–Kier alpha value is -4.11. The van der Waals surface area contributed by atoms with Crippen molar-refractivity contribution in [1.82, 2.24) is 5.32 Å². The summed E-state index contributed by atoms with van der Waals surface area (Å²) in [6.45, 7) is 0.163. The van der Waals surface area contributed by atoms with Crippen LogP contribution in [0.1, 0.15) is 34.6 Å². The number of alkyl carbamates (subject to hydrolysis) is 1. The molecule has 0 aliphatic heterocycles. The van der Waals surface area contributed by atoms with Gasteiger partial charge in [-0.05, 0) is 46.4 Å². The molecule has 0 aromatic heterocycles. The Kier molecular flexibility index (Phi) is 6.18. The first-order valence-electron chi connectivity index (χ1n) is 10.4. The van der Waals surface area contributed by atoms with E-state index in [2.05, 4.69) is 17.4 Å². The van der Waals surface area contributed by atoms with Crippen LogP contribution in [0.25, 0.3) is 11.1 Å². The van der Waals surface area contributed by atoms with Gasteiger partial charge >= 0.3 is 12.1 Å². The molecule has 0 unspecified atom stereocenters. The zero-order valence-electron chi connectivity index (χ0n) is 17.3. The van der Waals surface area contributed by atoms with E-state index in [1.165, 1.54) is 0 Å². The Balaban J connectivity index is 1.42. The monoisotopic (exact) mass is 426 g/mol. The van der Waals surface area contributed by atoms with Crippen LogP contribution in [0.15, 0.2) is 72.8 Å². The Bertz CT molecular complexity index is 1140. The van der Waals surface area contributed by atoms with E-state index in [9.17, 15) is 14.7 Å². The van der Waals surface area contributed by atoms with Gasteiger partial charge in [0.25, 0.3) is 0 Å². The molecule has 6 heteroatoms. The molecular weight excluding hydrogens is 404 g/mol. The summed E-state index contributed by atoms with van der Waals surface area (Å²) in [4.78, 5) is 23.8. The summed E-state index contributed by atoms with van der Waals surface area (Å²) in [5.74, 6) is -1.08. The molecule has 6 nitrogen and oxygen atoms in total. The van der Waals surface area contributed by atoms with Crippen molar-refractivity contribution in [2.75, 3.05) is 6.61 Å². The molecule has 160 valence electrons. The lowest BCUT2D eigenvalue weighted by Gasteiger charge is -2.19. The van der Waals surface area contributed by atoms with Gasteiger partial charge < -0.3 is 15.2 Å². The quantitative estimate of drug-likeness (QED) is 0.580. The zero-order valence-corrected chi connectivity index (χ0v) is 17.3. The third kappa shape index (κ3) is 4.62. The van der Waals surface area contributed by atoms with E-state index >= 15 is 0 Å². The van der Waals surface area contributed by atoms with Crippen molar-refractivity contribution in [3.8, 4) is 17.2 Å². The van der Waals surface area contributed by atoms with E-state index in [-0.39, 0.29) is 18.9 Å². The zero-order chi connectivity index (χ0) is 22.5. The summed E-state index contributed by atoms with van der Waals surface area (Å²) in [5, 5.41) is 20.9. The first-order valence-corrected chi connectivity index (χ1v) is 10.4. The van der Waals surface area contributed by atoms with Crippen molar-refractivity contribution in [2.24, 2.45) is 0 Å². The fourth-order valence-corrected chi connectivity index (χ4v) is 4.19. The number of benzene rings is 3. The highest BCUT2D eigenvalue weighted by atomic mass is 16.5. The van der Waals surface area contributed by atoms with E-state index in [0.717, 1.165) is 27.8 Å². The summed E-state index contributed by atoms with van der Waals surface area (Å²) in [7, 11) is 0. The summed E-state index contributed by atoms with van der Waals surface area (Å²) in [6.07, 6.45) is -0.557. The number of carboxylic acid groups (broad SMARTS) is 1. The van der Waals surface area contributed by atoms with E-state index in [4.69, 9.17) is 10.00 Å². The fourth-order valence-electron chi connectivity index (χ4n) is 4.19. The molecule has 3 aromatic rings. The molecular formula is C26H22N2O4. The minimum Gasteiger partial charge on any atom is -0.481 e. The third-order valence-electron chi connectivity index (χ3n) is 5.65. The molecule has 0 spiro atoms. The number of hydrogen-bond donors (Lipinski definition) is 2. The molecule has 0 bridgehead atoms. The Morgan fingerprint density at radius 3 is 2.12 bits per heavy atom. The average Bonchev–Trinajstić information content (AvgIpc) is 3.11. The maximum absolute atomic E-state index is 12.5. The van der Waals surface area contributed by atoms with Gasteiger partial charge in [0.15, 0.2) is 0 Å². The lowest BCUT2D eigenvalue weighted by molar-refractivity contribution is -0.137. The van der Waals surface area contributed by atoms with Gasteiger partial charge in [0.1, 0.15) is 6.61 Å². The van der Waals surface area contributed by atoms with Crippen molar-refractivity contribution in [3.63, 3.8) is 0 Å². The number of carboxylic acids is 1. The summed E-state index contributed by atoms with van der Waals surface area (Å²) in [5.41, 5.74) is 5.85. The molecule has 0 heterocycles. The van der Waals surface area contributed by atoms with Crippen molar-refractivity contribution in [1.29, 1.82) is 5.26 Å². The highest BCUT2D eigenvalue weighted by molar-refractivity contribution is 5.79. The van der Waals surface area contributed by atoms with Crippen LogP contribution in [0, 0.1) is 11.3 Å². The number of rotatable bonds is 7. The van der Waals surface area contributed by atoms with Crippen LogP contribution < -0.4 is 5.32 Å². The number of carbonyl (C=O) groups is 2. The second-order valence-corrected chi connectivity index (χ2v) is 7.78. The van der Waals surface area contributed by atoms with Gasteiger partial charge in [0.2, 0.25) is 0 Å². The highest BCUT2D eigenvalue weighted by Gasteiger charge is 2.29. The molecule has 0 fully saturated rings. The van der Waals surface area contributed by atoms with Gasteiger partial charge in [0, 0.05) is 12.0 Å². The maximum atomic E-state index is 12.5. The van der Waals surface area contributed by atoms with Gasteiger partial charge in [0.05, 0.1) is 18.1 Å². The van der Waals surface area contributed by atoms with Crippen molar-refractivity contribution in [3.05, 3.63) is 95.1 Å². The van der Waals surface area contributed by atoms with E-state index in [0.29, 0.717) is 12.0 Å². The Morgan fingerprint density at radius 1 is 0.969 bits per heavy atom. The van der Waals surface area contributed by atoms with Crippen LogP contribution in [-0.2, 0) is 16.0 Å². The Morgan fingerprint density at radius 2 is 1.56 bits per heavy atom. The number of nitrogens with zero attached hydrogens (tertiary/aromatic N) is 1. The molecule has 1 atom stereocenters. The maximum Gasteiger partial charge on any atom is 0.407 e. The van der Waals surface area contributed by atoms with Crippen molar-refractivity contribution < 1.29 is 19.4 Å². The lowest BCUT2D eigenvalue weighted by Crippen LogP contribution is -2.39. The van der Waals surface area contributed by atoms with Crippen LogP contribution in [0.4, 0.5) is 4.79 Å². The topological polar surface area (TPSA) is 99.4 Å². The van der Waals surface area contributed by atoms with E-state index in [1.807, 2.05) is 42.5 Å². The number of nitrogens with one attached hydrogen (secondary N) is 1. The van der Waals surface area contributed by atoms with Crippen molar-refractivity contribution >= 4 is 12.1 Å². The SMILES string of the molecule is N#Cc1ccc(C[C@@H](CC(=O)O)NC(=O)OCC2c3ccccc3-c3ccccc32)cc1. The summed E-state index contributed by atoms with van der Waals surface area (Å²) in [6, 6.07) is 24.4. The largest absolute Gasteiger partial charge is 0.481 e. The molecule has 0 saturated carbocycles. The number of fused-ring (bicyclic) bond motifs is 3. The van der Waals surface area contributed by atoms with Gasteiger partial charge in [-0.2, -0.15) is 5.26 Å². The second kappa shape index (κ2) is 9.36. The highest BCUT2D eigenvalue weighted by Crippen LogP contribution is 2.44. The predicted octanol–water partition coefficient (Wildman–Crippen LogP) is 4.48. The molecule has 4 rings (SSSR count). The Labute approximate surface area is 186 Å². The molecule has 0 saturated heterocycles. The molecule has 3 aromatic carbocycles. The van der Waals surface area contributed by atoms with E-state index in [1.54, 1.807) is 24.3 Å². The first-order chi connectivity index (χ1) is 15.5. The van der Waals surface area contributed by atoms with Crippen LogP contribution in [-0.4, -0.2) is 29.8 Å². The molecule has 1 aliphatic rings. The van der Waals surface area contributed by atoms with Crippen molar-refractivity contribution in [2.45, 2.75) is 24.8 Å². The number of aliphatic carboxylic acids is 1. The van der Waals surface area contributed by atoms with Crippen LogP contribution in [0.2, 0.25) is 0 Å². The van der Waals surface area contributed by atoms with Crippen LogP contribution >= 0.6 is 0 Å². The summed E-state index contributed by atoms with van der Waals surface area (Å²) < 4.78 is 5.54. The second-order valence-electron chi connectivity index (χ2n) is 7.78. The summed E-state index contributed by atoms with van der Waals surface area (Å²) >= 11 is 0. The molecule has 1 amide bonds. The van der Waals surface area contributed by atoms with Gasteiger partial charge in [-0.3, -0.25) is 4.79 Å². The number of amides is 1. The molecule has 2 N–H and O–H groups in total. The van der Waals surface area contributed by atoms with Crippen LogP contribution in [0.5, 0.6) is 0 Å². The fraction of sp³-hybridized carbons (Fsp3) is 0.192. The number of ether oxygens (including phenoxy) is 1. The third-order valence-corrected chi connectivity index (χ3v) is 5.65. The number of nitriles is 1. The van der Waals surface area contributed by atoms with E-state index < -0.39 is 18.1 Å². The standard InChI is InChI=1S/C26H22N2O4/c27-15-18-11-9-17(10-12-18)13-19(14-25(29)30)28-26(31)32-16-24-22-7-3-1-5-20(22)21-6-2-4-8-23(21)24/h1-12,19,24H,13-14,16H2,(H,28,31)(H,29,30)/t19-/m0/s1. The normalized spacial score (nSPS) is 12.8. The predicted molar refractivity (Wildman–Crippen MR) is 119 cm³/mol. The molecule has 32 heavy (non-hydrogen) atoms. The molecule has 0 radical (unpaired) electrons. The van der Waals surface area contributed by atoms with Gasteiger partial charge in [-0.1, -0.05) is 60.7 Å². The number of carbonyl (C=O) groups excluding carboxylic acids is 1. The van der Waals surface area contributed by atoms with Gasteiger partial charge in [-0.15, -0.1) is 0 Å². The smallest absolute Gasteiger partial charge is 0.407 e. The minimum absolute atomic E-state index is 0.0652. The van der Waals surface area contributed by atoms with Gasteiger partial charge in [-0.25, -0.2) is 4.79 Å². The minimum atomic E-state index is -1.01. The first kappa shape index (κ1) is 21.1. The van der Waals surface area contributed by atoms with Crippen LogP contribution in [0.3, 0.4) is 0 Å². The average molecular weight is 426 g/mol. The lowest BCUT2D eigenvalue weighted by atomic mass is 9.98.